The van der Waals surface area contributed by atoms with Crippen molar-refractivity contribution in [1.29, 1.82) is 0 Å². The van der Waals surface area contributed by atoms with Crippen molar-refractivity contribution in [3.63, 3.8) is 0 Å². The Bertz CT molecular complexity index is 305. The maximum atomic E-state index is 12.3. The predicted octanol–water partition coefficient (Wildman–Crippen LogP) is 1.44. The number of hydrogen-bond donors (Lipinski definition) is 0. The van der Waals surface area contributed by atoms with Gasteiger partial charge in [0, 0.05) is 0 Å². The molecule has 1 aromatic rings. The summed E-state index contributed by atoms with van der Waals surface area (Å²) >= 11 is 4.91. The highest BCUT2D eigenvalue weighted by Gasteiger charge is 2.61. The molecule has 13 heavy (non-hydrogen) atoms. The fraction of sp³-hybridized carbons (Fsp3) is 0.667. The van der Waals surface area contributed by atoms with Crippen LogP contribution >= 0.6 is 11.6 Å². The van der Waals surface area contributed by atoms with E-state index in [0.717, 1.165) is 0 Å². The first kappa shape index (κ1) is 10.1. The first-order valence-electron chi connectivity index (χ1n) is 2.65. The van der Waals surface area contributed by atoms with E-state index >= 15 is 0 Å². The Hall–Kier alpha value is -0.990. The third-order valence-corrected chi connectivity index (χ3v) is 1.13. The molecule has 4 nitrogen and oxygen atoms in total. The lowest BCUT2D eigenvalue weighted by atomic mass is 10.5. The van der Waals surface area contributed by atoms with Crippen LogP contribution < -0.4 is 0 Å². The molecule has 0 amide bonds. The number of hydrogen-bond acceptors (Lipinski definition) is 3. The van der Waals surface area contributed by atoms with Crippen molar-refractivity contribution in [3.8, 4) is 0 Å². The number of nitrogens with zero attached hydrogens (tertiary/aromatic N) is 4. The Labute approximate surface area is 72.3 Å². The minimum atomic E-state index is -5.78. The quantitative estimate of drug-likeness (QED) is 0.676. The third-order valence-electron chi connectivity index (χ3n) is 0.981. The molecule has 0 unspecified atom stereocenters. The van der Waals surface area contributed by atoms with E-state index in [0.29, 0.717) is 0 Å². The SMILES string of the molecule is FC(F)(F)C(F)(F)n1nnc(Cl)n1. The monoisotopic (exact) mass is 222 g/mol. The highest BCUT2D eigenvalue weighted by Crippen LogP contribution is 2.38. The first-order chi connectivity index (χ1) is 5.75. The van der Waals surface area contributed by atoms with Crippen molar-refractivity contribution < 1.29 is 22.0 Å². The second-order valence-electron chi connectivity index (χ2n) is 1.89. The molecule has 0 aliphatic rings. The Morgan fingerprint density at radius 3 is 2.00 bits per heavy atom. The van der Waals surface area contributed by atoms with Crippen LogP contribution in [-0.2, 0) is 6.05 Å². The minimum Gasteiger partial charge on any atom is -0.169 e. The molecule has 0 saturated heterocycles. The van der Waals surface area contributed by atoms with Gasteiger partial charge in [-0.15, -0.1) is 5.10 Å². The zero-order valence-electron chi connectivity index (χ0n) is 5.56. The van der Waals surface area contributed by atoms with Crippen molar-refractivity contribution >= 4 is 11.6 Å². The molecule has 74 valence electrons. The second kappa shape index (κ2) is 2.76. The van der Waals surface area contributed by atoms with Gasteiger partial charge in [0.1, 0.15) is 0 Å². The Morgan fingerprint density at radius 2 is 1.69 bits per heavy atom. The van der Waals surface area contributed by atoms with E-state index in [4.69, 9.17) is 11.6 Å². The van der Waals surface area contributed by atoms with Gasteiger partial charge in [-0.05, 0) is 16.8 Å². The summed E-state index contributed by atoms with van der Waals surface area (Å²) in [6.45, 7) is 0. The van der Waals surface area contributed by atoms with Crippen LogP contribution in [0.3, 0.4) is 0 Å². The van der Waals surface area contributed by atoms with Crippen LogP contribution in [-0.4, -0.2) is 26.4 Å². The molecule has 0 aliphatic carbocycles. The maximum absolute atomic E-state index is 12.3. The molecule has 0 aliphatic heterocycles. The Morgan fingerprint density at radius 1 is 1.15 bits per heavy atom. The van der Waals surface area contributed by atoms with Gasteiger partial charge in [0.15, 0.2) is 0 Å². The van der Waals surface area contributed by atoms with Gasteiger partial charge < -0.3 is 0 Å². The zero-order chi connectivity index (χ0) is 10.3. The number of rotatable bonds is 1. The van der Waals surface area contributed by atoms with Gasteiger partial charge in [-0.25, -0.2) is 0 Å². The van der Waals surface area contributed by atoms with Crippen LogP contribution in [0.15, 0.2) is 0 Å². The average Bonchev–Trinajstić information content (AvgIpc) is 2.33. The highest BCUT2D eigenvalue weighted by atomic mass is 35.5. The van der Waals surface area contributed by atoms with Crippen LogP contribution in [0.4, 0.5) is 22.0 Å². The molecule has 10 heteroatoms. The summed E-state index contributed by atoms with van der Waals surface area (Å²) in [5.41, 5.74) is 0. The molecule has 0 radical (unpaired) electrons. The molecular weight excluding hydrogens is 223 g/mol. The van der Waals surface area contributed by atoms with Gasteiger partial charge in [0.05, 0.1) is 0 Å². The van der Waals surface area contributed by atoms with Gasteiger partial charge in [-0.2, -0.15) is 22.0 Å². The van der Waals surface area contributed by atoms with Gasteiger partial charge in [-0.1, -0.05) is 9.90 Å². The summed E-state index contributed by atoms with van der Waals surface area (Å²) in [5, 5.41) is 6.84. The van der Waals surface area contributed by atoms with E-state index in [2.05, 4.69) is 15.4 Å². The number of aromatic nitrogens is 4. The number of halogens is 6. The molecule has 0 fully saturated rings. The van der Waals surface area contributed by atoms with E-state index in [1.165, 1.54) is 0 Å². The highest BCUT2D eigenvalue weighted by molar-refractivity contribution is 6.28. The molecular formula is C3ClF5N4. The number of alkyl halides is 5. The molecule has 1 rings (SSSR count). The summed E-state index contributed by atoms with van der Waals surface area (Å²) in [6.07, 6.45) is -5.78. The summed E-state index contributed by atoms with van der Waals surface area (Å²) in [6, 6.07) is -5.20. The van der Waals surface area contributed by atoms with Gasteiger partial charge in [-0.3, -0.25) is 0 Å². The average molecular weight is 223 g/mol. The van der Waals surface area contributed by atoms with Crippen LogP contribution in [0.25, 0.3) is 0 Å². The largest absolute Gasteiger partial charge is 0.479 e. The van der Waals surface area contributed by atoms with Gasteiger partial charge >= 0.3 is 12.2 Å². The van der Waals surface area contributed by atoms with Crippen molar-refractivity contribution in [2.24, 2.45) is 0 Å². The first-order valence-corrected chi connectivity index (χ1v) is 3.03. The van der Waals surface area contributed by atoms with Gasteiger partial charge in [0.25, 0.3) is 5.28 Å². The molecule has 0 spiro atoms. The van der Waals surface area contributed by atoms with Crippen LogP contribution in [0, 0.1) is 0 Å². The van der Waals surface area contributed by atoms with E-state index in [1.54, 1.807) is 0 Å². The van der Waals surface area contributed by atoms with Crippen molar-refractivity contribution in [1.82, 2.24) is 20.2 Å². The fourth-order valence-corrected chi connectivity index (χ4v) is 0.535. The van der Waals surface area contributed by atoms with Crippen LogP contribution in [0.1, 0.15) is 0 Å². The van der Waals surface area contributed by atoms with E-state index in [9.17, 15) is 22.0 Å². The van der Waals surface area contributed by atoms with E-state index in [-0.39, 0.29) is 0 Å². The summed E-state index contributed by atoms with van der Waals surface area (Å²) in [4.78, 5) is -0.894. The summed E-state index contributed by atoms with van der Waals surface area (Å²) in [5.74, 6) is 0. The maximum Gasteiger partial charge on any atom is 0.479 e. The predicted molar refractivity (Wildman–Crippen MR) is 29.1 cm³/mol. The standard InChI is InChI=1S/C3ClF5N4/c4-1-10-12-13(11-1)3(8,9)2(5,6)7. The summed E-state index contributed by atoms with van der Waals surface area (Å²) < 4.78 is 59.4. The van der Waals surface area contributed by atoms with Crippen molar-refractivity contribution in [3.05, 3.63) is 5.28 Å². The third kappa shape index (κ3) is 1.69. The second-order valence-corrected chi connectivity index (χ2v) is 2.22. The van der Waals surface area contributed by atoms with Gasteiger partial charge in [0.2, 0.25) is 0 Å². The lowest BCUT2D eigenvalue weighted by Gasteiger charge is -2.16. The number of tetrazole rings is 1. The van der Waals surface area contributed by atoms with Crippen molar-refractivity contribution in [2.75, 3.05) is 0 Å². The fourth-order valence-electron chi connectivity index (χ4n) is 0.430. The topological polar surface area (TPSA) is 43.6 Å². The normalized spacial score (nSPS) is 13.4. The molecule has 0 N–H and O–H groups in total. The minimum absolute atomic E-state index is 0.788. The Balaban J connectivity index is 3.07. The lowest BCUT2D eigenvalue weighted by molar-refractivity contribution is -0.333. The summed E-state index contributed by atoms with van der Waals surface area (Å²) in [7, 11) is 0. The van der Waals surface area contributed by atoms with Crippen molar-refractivity contribution in [2.45, 2.75) is 12.2 Å². The van der Waals surface area contributed by atoms with Crippen LogP contribution in [0.5, 0.6) is 0 Å². The lowest BCUT2D eigenvalue weighted by Crippen LogP contribution is -2.41. The molecule has 0 saturated carbocycles. The van der Waals surface area contributed by atoms with E-state index < -0.39 is 22.3 Å². The molecule has 0 bridgehead atoms. The molecule has 1 heterocycles. The molecule has 1 aromatic heterocycles. The molecule has 0 aromatic carbocycles. The zero-order valence-corrected chi connectivity index (χ0v) is 6.31. The van der Waals surface area contributed by atoms with E-state index in [1.807, 2.05) is 0 Å². The smallest absolute Gasteiger partial charge is 0.169 e. The molecule has 0 atom stereocenters. The Kier molecular flexibility index (Phi) is 2.14. The van der Waals surface area contributed by atoms with Crippen LogP contribution in [0.2, 0.25) is 5.28 Å².